The number of pyridine rings is 1. The predicted octanol–water partition coefficient (Wildman–Crippen LogP) is 6.87. The molecule has 0 radical (unpaired) electrons. The Morgan fingerprint density at radius 3 is 2.23 bits per heavy atom. The van der Waals surface area contributed by atoms with E-state index in [0.29, 0.717) is 5.75 Å². The molecule has 5 heteroatoms. The second kappa shape index (κ2) is 9.48. The number of ether oxygens (including phenoxy) is 2. The largest absolute Gasteiger partial charge is 0.496 e. The van der Waals surface area contributed by atoms with Crippen molar-refractivity contribution in [2.24, 2.45) is 0 Å². The van der Waals surface area contributed by atoms with Crippen molar-refractivity contribution in [3.8, 4) is 22.8 Å². The maximum atomic E-state index is 14.2. The van der Waals surface area contributed by atoms with Gasteiger partial charge in [-0.15, -0.1) is 0 Å². The van der Waals surface area contributed by atoms with Gasteiger partial charge in [0.2, 0.25) is 0 Å². The molecule has 3 nitrogen and oxygen atoms in total. The summed E-state index contributed by atoms with van der Waals surface area (Å²) in [7, 11) is 1.64. The van der Waals surface area contributed by atoms with E-state index in [1.54, 1.807) is 19.2 Å². The summed E-state index contributed by atoms with van der Waals surface area (Å²) in [5.41, 5.74) is 7.16. The van der Waals surface area contributed by atoms with Gasteiger partial charge in [0.05, 0.1) is 23.4 Å². The van der Waals surface area contributed by atoms with Crippen LogP contribution in [0.5, 0.6) is 11.5 Å². The van der Waals surface area contributed by atoms with Crippen molar-refractivity contribution in [3.63, 3.8) is 0 Å². The van der Waals surface area contributed by atoms with Crippen LogP contribution in [-0.2, 0) is 19.4 Å². The minimum absolute atomic E-state index is 0.0316. The minimum atomic E-state index is -0.568. The summed E-state index contributed by atoms with van der Waals surface area (Å²) in [6.45, 7) is 8.38. The molecular formula is C25H27ClFNO2. The van der Waals surface area contributed by atoms with E-state index in [4.69, 9.17) is 26.1 Å². The number of aryl methyl sites for hydroxylation is 3. The molecule has 3 rings (SSSR count). The van der Waals surface area contributed by atoms with E-state index in [0.717, 1.165) is 35.4 Å². The Morgan fingerprint density at radius 2 is 1.63 bits per heavy atom. The molecule has 0 aliphatic rings. The second-order valence-electron chi connectivity index (χ2n) is 7.18. The van der Waals surface area contributed by atoms with E-state index in [1.165, 1.54) is 22.8 Å². The zero-order chi connectivity index (χ0) is 21.8. The van der Waals surface area contributed by atoms with E-state index >= 15 is 0 Å². The molecule has 0 saturated carbocycles. The number of rotatable bonds is 7. The third kappa shape index (κ3) is 4.15. The molecule has 0 unspecified atom stereocenters. The summed E-state index contributed by atoms with van der Waals surface area (Å²) in [5.74, 6) is 0.254. The first-order valence-electron chi connectivity index (χ1n) is 10.1. The van der Waals surface area contributed by atoms with Gasteiger partial charge in [0.1, 0.15) is 12.4 Å². The summed E-state index contributed by atoms with van der Waals surface area (Å²) in [6.07, 6.45) is 1.84. The molecule has 0 saturated heterocycles. The lowest BCUT2D eigenvalue weighted by Crippen LogP contribution is -2.08. The van der Waals surface area contributed by atoms with E-state index < -0.39 is 5.82 Å². The predicted molar refractivity (Wildman–Crippen MR) is 120 cm³/mol. The van der Waals surface area contributed by atoms with Crippen molar-refractivity contribution in [2.75, 3.05) is 7.11 Å². The number of aromatic nitrogens is 1. The number of halogens is 2. The van der Waals surface area contributed by atoms with Crippen LogP contribution in [0, 0.1) is 19.7 Å². The van der Waals surface area contributed by atoms with E-state index in [1.807, 2.05) is 13.8 Å². The summed E-state index contributed by atoms with van der Waals surface area (Å²) >= 11 is 5.86. The number of benzene rings is 2. The average molecular weight is 428 g/mol. The number of hydrogen-bond acceptors (Lipinski definition) is 3. The number of methoxy groups -OCH3 is 1. The topological polar surface area (TPSA) is 31.4 Å². The van der Waals surface area contributed by atoms with Crippen LogP contribution in [0.25, 0.3) is 11.3 Å². The molecule has 158 valence electrons. The first-order chi connectivity index (χ1) is 14.4. The van der Waals surface area contributed by atoms with Gasteiger partial charge >= 0.3 is 0 Å². The van der Waals surface area contributed by atoms with Gasteiger partial charge < -0.3 is 9.47 Å². The lowest BCUT2D eigenvalue weighted by Gasteiger charge is -2.20. The third-order valence-electron chi connectivity index (χ3n) is 5.41. The lowest BCUT2D eigenvalue weighted by atomic mass is 9.91. The minimum Gasteiger partial charge on any atom is -0.496 e. The van der Waals surface area contributed by atoms with Gasteiger partial charge in [-0.3, -0.25) is 4.98 Å². The lowest BCUT2D eigenvalue weighted by molar-refractivity contribution is 0.281. The number of nitrogens with zero attached hydrogens (tertiary/aromatic N) is 1. The fourth-order valence-electron chi connectivity index (χ4n) is 3.80. The van der Waals surface area contributed by atoms with E-state index in [-0.39, 0.29) is 17.4 Å². The zero-order valence-electron chi connectivity index (χ0n) is 18.1. The molecule has 0 N–H and O–H groups in total. The molecule has 30 heavy (non-hydrogen) atoms. The maximum Gasteiger partial charge on any atom is 0.183 e. The summed E-state index contributed by atoms with van der Waals surface area (Å²) in [4.78, 5) is 4.94. The molecule has 1 aromatic heterocycles. The molecule has 0 fully saturated rings. The van der Waals surface area contributed by atoms with Crippen LogP contribution in [0.3, 0.4) is 0 Å². The Labute approximate surface area is 182 Å². The van der Waals surface area contributed by atoms with Crippen molar-refractivity contribution in [1.82, 2.24) is 4.98 Å². The molecule has 0 spiro atoms. The Bertz CT molecular complexity index is 1040. The first-order valence-corrected chi connectivity index (χ1v) is 10.5. The van der Waals surface area contributed by atoms with Crippen LogP contribution in [0.4, 0.5) is 4.39 Å². The summed E-state index contributed by atoms with van der Waals surface area (Å²) < 4.78 is 25.7. The maximum absolute atomic E-state index is 14.2. The molecule has 0 bridgehead atoms. The average Bonchev–Trinajstić information content (AvgIpc) is 2.75. The van der Waals surface area contributed by atoms with E-state index in [9.17, 15) is 4.39 Å². The summed E-state index contributed by atoms with van der Waals surface area (Å²) in [5, 5.41) is 0.0316. The molecule has 0 aliphatic carbocycles. The van der Waals surface area contributed by atoms with Crippen LogP contribution in [-0.4, -0.2) is 12.1 Å². The van der Waals surface area contributed by atoms with Crippen molar-refractivity contribution >= 4 is 11.6 Å². The van der Waals surface area contributed by atoms with Crippen molar-refractivity contribution in [2.45, 2.75) is 47.1 Å². The highest BCUT2D eigenvalue weighted by atomic mass is 35.5. The first kappa shape index (κ1) is 22.1. The van der Waals surface area contributed by atoms with Gasteiger partial charge in [-0.1, -0.05) is 49.7 Å². The second-order valence-corrected chi connectivity index (χ2v) is 7.59. The molecular weight excluding hydrogens is 401 g/mol. The van der Waals surface area contributed by atoms with Gasteiger partial charge in [-0.25, -0.2) is 4.39 Å². The quantitative estimate of drug-likeness (QED) is 0.412. The van der Waals surface area contributed by atoms with Crippen LogP contribution >= 0.6 is 11.6 Å². The van der Waals surface area contributed by atoms with Crippen molar-refractivity contribution < 1.29 is 13.9 Å². The molecule has 0 aliphatic heterocycles. The van der Waals surface area contributed by atoms with Crippen LogP contribution in [0.1, 0.15) is 41.8 Å². The Hall–Kier alpha value is -2.59. The van der Waals surface area contributed by atoms with Crippen LogP contribution in [0.15, 0.2) is 36.4 Å². The molecule has 1 heterocycles. The highest BCUT2D eigenvalue weighted by Crippen LogP contribution is 2.37. The fourth-order valence-corrected chi connectivity index (χ4v) is 3.96. The highest BCUT2D eigenvalue weighted by molar-refractivity contribution is 6.30. The van der Waals surface area contributed by atoms with Crippen molar-refractivity contribution in [3.05, 3.63) is 75.2 Å². The monoisotopic (exact) mass is 427 g/mol. The van der Waals surface area contributed by atoms with Crippen molar-refractivity contribution in [1.29, 1.82) is 0 Å². The molecule has 3 aromatic rings. The van der Waals surface area contributed by atoms with E-state index in [2.05, 4.69) is 32.0 Å². The van der Waals surface area contributed by atoms with Crippen LogP contribution in [0.2, 0.25) is 5.02 Å². The van der Waals surface area contributed by atoms with Gasteiger partial charge in [0, 0.05) is 16.8 Å². The smallest absolute Gasteiger partial charge is 0.183 e. The third-order valence-corrected chi connectivity index (χ3v) is 5.71. The Kier molecular flexibility index (Phi) is 6.99. The summed E-state index contributed by atoms with van der Waals surface area (Å²) in [6, 6.07) is 11.1. The normalized spacial score (nSPS) is 10.9. The van der Waals surface area contributed by atoms with Gasteiger partial charge in [-0.05, 0) is 49.9 Å². The Morgan fingerprint density at radius 1 is 1.00 bits per heavy atom. The Balaban J connectivity index is 2.08. The fraction of sp³-hybridized carbons (Fsp3) is 0.320. The SMILES string of the molecule is CCc1cccc(CC)c1-c1nc(C)c(COc2cccc(Cl)c2F)c(OC)c1C. The molecule has 0 amide bonds. The number of hydrogen-bond donors (Lipinski definition) is 0. The van der Waals surface area contributed by atoms with Gasteiger partial charge in [0.15, 0.2) is 11.6 Å². The molecule has 0 atom stereocenters. The van der Waals surface area contributed by atoms with Gasteiger partial charge in [0.25, 0.3) is 0 Å². The highest BCUT2D eigenvalue weighted by Gasteiger charge is 2.21. The zero-order valence-corrected chi connectivity index (χ0v) is 18.9. The van der Waals surface area contributed by atoms with Gasteiger partial charge in [-0.2, -0.15) is 0 Å². The van der Waals surface area contributed by atoms with Crippen LogP contribution < -0.4 is 9.47 Å². The standard InChI is InChI=1S/C25H27ClFNO2/c1-6-17-10-8-11-18(7-2)22(17)24-15(3)25(29-5)19(16(4)28-24)14-30-21-13-9-12-20(26)23(21)27/h8-13H,6-7,14H2,1-5H3. The molecule has 2 aromatic carbocycles.